The van der Waals surface area contributed by atoms with Gasteiger partial charge in [0.1, 0.15) is 17.1 Å². The zero-order valence-electron chi connectivity index (χ0n) is 19.3. The van der Waals surface area contributed by atoms with Crippen LogP contribution in [0.2, 0.25) is 0 Å². The number of ether oxygens (including phenoxy) is 2. The number of nitrogens with zero attached hydrogens (tertiary/aromatic N) is 2. The number of aliphatic imine (C=N–C) groups is 1. The van der Waals surface area contributed by atoms with Gasteiger partial charge in [0.05, 0.1) is 25.6 Å². The molecule has 1 aliphatic heterocycles. The van der Waals surface area contributed by atoms with E-state index >= 15 is 0 Å². The molecule has 0 saturated heterocycles. The van der Waals surface area contributed by atoms with E-state index in [0.717, 1.165) is 29.0 Å². The summed E-state index contributed by atoms with van der Waals surface area (Å²) in [6.45, 7) is 2.57. The molecular weight excluding hydrogens is 470 g/mol. The number of unbranched alkanes of at least 4 members (excludes halogenated alkanes) is 1. The zero-order valence-corrected chi connectivity index (χ0v) is 21.0. The lowest BCUT2D eigenvalue weighted by Crippen LogP contribution is -2.24. The molecule has 0 fully saturated rings. The predicted molar refractivity (Wildman–Crippen MR) is 138 cm³/mol. The lowest BCUT2D eigenvalue weighted by molar-refractivity contribution is 0.391. The molecule has 1 aromatic heterocycles. The van der Waals surface area contributed by atoms with Crippen LogP contribution < -0.4 is 15.0 Å². The SMILES string of the molecule is CCCCn1c(O)c(C2=Nc3ccccc3S[C@@H](c3ccc(OC)cc3OC)C2)c(=O)[nH]c1=S. The maximum atomic E-state index is 13.0. The van der Waals surface area contributed by atoms with Crippen molar-refractivity contribution in [1.82, 2.24) is 9.55 Å². The zero-order chi connectivity index (χ0) is 24.2. The minimum atomic E-state index is -0.446. The van der Waals surface area contributed by atoms with E-state index in [1.54, 1.807) is 30.5 Å². The molecule has 1 aliphatic rings. The second-order valence-electron chi connectivity index (χ2n) is 7.91. The second kappa shape index (κ2) is 10.5. The number of hydrogen-bond acceptors (Lipinski definition) is 7. The Bertz CT molecular complexity index is 1350. The summed E-state index contributed by atoms with van der Waals surface area (Å²) in [7, 11) is 3.24. The van der Waals surface area contributed by atoms with Crippen molar-refractivity contribution >= 4 is 35.4 Å². The standard InChI is InChI=1S/C25H27N3O4S2/c1-4-5-12-28-24(30)22(23(29)27-25(28)33)18-14-21(34-20-9-7-6-8-17(20)26-18)16-11-10-15(31-2)13-19(16)32-3/h6-11,13,21,30H,4-5,12,14H2,1-3H3,(H,27,29,33)/t21-/m1/s1. The van der Waals surface area contributed by atoms with Gasteiger partial charge in [-0.05, 0) is 36.8 Å². The number of aromatic amines is 1. The summed E-state index contributed by atoms with van der Waals surface area (Å²) in [5.41, 5.74) is 1.91. The number of fused-ring (bicyclic) bond motifs is 1. The number of thioether (sulfide) groups is 1. The molecule has 2 heterocycles. The molecule has 0 unspecified atom stereocenters. The first-order chi connectivity index (χ1) is 16.5. The van der Waals surface area contributed by atoms with Crippen LogP contribution in [-0.2, 0) is 6.54 Å². The van der Waals surface area contributed by atoms with Crippen LogP contribution in [0.1, 0.15) is 42.6 Å². The summed E-state index contributed by atoms with van der Waals surface area (Å²) >= 11 is 6.97. The lowest BCUT2D eigenvalue weighted by atomic mass is 10.0. The summed E-state index contributed by atoms with van der Waals surface area (Å²) in [4.78, 5) is 21.6. The number of nitrogens with one attached hydrogen (secondary N) is 1. The number of methoxy groups -OCH3 is 2. The van der Waals surface area contributed by atoms with Crippen molar-refractivity contribution in [2.24, 2.45) is 4.99 Å². The van der Waals surface area contributed by atoms with Crippen LogP contribution in [0.25, 0.3) is 0 Å². The van der Waals surface area contributed by atoms with Gasteiger partial charge in [-0.2, -0.15) is 0 Å². The summed E-state index contributed by atoms with van der Waals surface area (Å²) in [5, 5.41) is 11.0. The van der Waals surface area contributed by atoms with E-state index in [-0.39, 0.29) is 21.5 Å². The number of H-pyrrole nitrogens is 1. The van der Waals surface area contributed by atoms with Crippen LogP contribution in [0.4, 0.5) is 5.69 Å². The minimum Gasteiger partial charge on any atom is -0.497 e. The Hall–Kier alpha value is -3.04. The van der Waals surface area contributed by atoms with Crippen molar-refractivity contribution < 1.29 is 14.6 Å². The highest BCUT2D eigenvalue weighted by molar-refractivity contribution is 7.99. The molecule has 4 rings (SSSR count). The van der Waals surface area contributed by atoms with Crippen molar-refractivity contribution in [1.29, 1.82) is 0 Å². The van der Waals surface area contributed by atoms with Crippen LogP contribution in [0.5, 0.6) is 17.4 Å². The fraction of sp³-hybridized carbons (Fsp3) is 0.320. The monoisotopic (exact) mass is 497 g/mol. The Morgan fingerprint density at radius 2 is 2.03 bits per heavy atom. The third-order valence-corrected chi connectivity index (χ3v) is 7.38. The van der Waals surface area contributed by atoms with Gasteiger partial charge < -0.3 is 14.6 Å². The van der Waals surface area contributed by atoms with Gasteiger partial charge in [0.15, 0.2) is 4.77 Å². The molecule has 3 aromatic rings. The molecule has 0 spiro atoms. The smallest absolute Gasteiger partial charge is 0.264 e. The topological polar surface area (TPSA) is 88.8 Å². The minimum absolute atomic E-state index is 0.116. The summed E-state index contributed by atoms with van der Waals surface area (Å²) in [6, 6.07) is 13.5. The van der Waals surface area contributed by atoms with Gasteiger partial charge in [-0.3, -0.25) is 19.3 Å². The molecule has 0 radical (unpaired) electrons. The number of aromatic hydroxyl groups is 1. The maximum absolute atomic E-state index is 13.0. The number of para-hydroxylation sites is 1. The first-order valence-electron chi connectivity index (χ1n) is 11.1. The van der Waals surface area contributed by atoms with Crippen LogP contribution >= 0.6 is 24.0 Å². The van der Waals surface area contributed by atoms with Crippen LogP contribution in [0.15, 0.2) is 57.1 Å². The van der Waals surface area contributed by atoms with Crippen LogP contribution in [0.3, 0.4) is 0 Å². The Morgan fingerprint density at radius 3 is 2.76 bits per heavy atom. The first-order valence-corrected chi connectivity index (χ1v) is 12.4. The largest absolute Gasteiger partial charge is 0.497 e. The number of benzene rings is 2. The van der Waals surface area contributed by atoms with Gasteiger partial charge in [-0.25, -0.2) is 0 Å². The summed E-state index contributed by atoms with van der Waals surface area (Å²) in [5.74, 6) is 1.24. The van der Waals surface area contributed by atoms with Crippen molar-refractivity contribution in [3.63, 3.8) is 0 Å². The molecule has 0 aliphatic carbocycles. The normalized spacial score (nSPS) is 15.3. The number of hydrogen-bond donors (Lipinski definition) is 2. The molecule has 178 valence electrons. The summed E-state index contributed by atoms with van der Waals surface area (Å²) < 4.78 is 12.8. The average Bonchev–Trinajstić information content (AvgIpc) is 3.02. The van der Waals surface area contributed by atoms with Gasteiger partial charge in [-0.15, -0.1) is 11.8 Å². The Labute approximate surface area is 207 Å². The van der Waals surface area contributed by atoms with E-state index in [4.69, 9.17) is 26.7 Å². The quantitative estimate of drug-likeness (QED) is 0.402. The lowest BCUT2D eigenvalue weighted by Gasteiger charge is -2.20. The fourth-order valence-electron chi connectivity index (χ4n) is 3.97. The molecule has 34 heavy (non-hydrogen) atoms. The van der Waals surface area contributed by atoms with E-state index in [1.165, 1.54) is 0 Å². The van der Waals surface area contributed by atoms with Crippen LogP contribution in [0, 0.1) is 4.77 Å². The first kappa shape index (κ1) is 24.1. The van der Waals surface area contributed by atoms with Crippen molar-refractivity contribution in [3.8, 4) is 17.4 Å². The van der Waals surface area contributed by atoms with Crippen molar-refractivity contribution in [2.45, 2.75) is 42.9 Å². The van der Waals surface area contributed by atoms with E-state index in [0.29, 0.717) is 30.2 Å². The molecule has 0 saturated carbocycles. The second-order valence-corrected chi connectivity index (χ2v) is 9.54. The molecule has 7 nitrogen and oxygen atoms in total. The van der Waals surface area contributed by atoms with Gasteiger partial charge >= 0.3 is 0 Å². The Morgan fingerprint density at radius 1 is 1.24 bits per heavy atom. The Balaban J connectivity index is 1.88. The molecule has 1 atom stereocenters. The molecule has 2 aromatic carbocycles. The maximum Gasteiger partial charge on any atom is 0.264 e. The van der Waals surface area contributed by atoms with E-state index in [2.05, 4.69) is 11.9 Å². The molecule has 2 N–H and O–H groups in total. The highest BCUT2D eigenvalue weighted by atomic mass is 32.2. The Kier molecular flexibility index (Phi) is 7.43. The predicted octanol–water partition coefficient (Wildman–Crippen LogP) is 5.79. The average molecular weight is 498 g/mol. The highest BCUT2D eigenvalue weighted by Crippen LogP contribution is 2.48. The van der Waals surface area contributed by atoms with E-state index in [1.807, 2.05) is 42.5 Å². The summed E-state index contributed by atoms with van der Waals surface area (Å²) in [6.07, 6.45) is 2.16. The third kappa shape index (κ3) is 4.76. The molecule has 9 heteroatoms. The van der Waals surface area contributed by atoms with Crippen LogP contribution in [-0.4, -0.2) is 34.6 Å². The van der Waals surface area contributed by atoms with E-state index < -0.39 is 5.56 Å². The van der Waals surface area contributed by atoms with Crippen molar-refractivity contribution in [3.05, 3.63) is 68.7 Å². The molecule has 0 bridgehead atoms. The van der Waals surface area contributed by atoms with Gasteiger partial charge in [0, 0.05) is 34.7 Å². The third-order valence-electron chi connectivity index (χ3n) is 5.75. The number of aromatic nitrogens is 2. The van der Waals surface area contributed by atoms with Gasteiger partial charge in [0.2, 0.25) is 5.88 Å². The molecular formula is C25H27N3O4S2. The molecule has 0 amide bonds. The number of rotatable bonds is 7. The fourth-order valence-corrected chi connectivity index (χ4v) is 5.50. The van der Waals surface area contributed by atoms with E-state index in [9.17, 15) is 9.90 Å². The van der Waals surface area contributed by atoms with Gasteiger partial charge in [-0.1, -0.05) is 31.5 Å². The van der Waals surface area contributed by atoms with Crippen molar-refractivity contribution in [2.75, 3.05) is 14.2 Å². The van der Waals surface area contributed by atoms with Gasteiger partial charge in [0.25, 0.3) is 5.56 Å². The highest BCUT2D eigenvalue weighted by Gasteiger charge is 2.28.